The molecular weight excluding hydrogens is 549 g/mol. The van der Waals surface area contributed by atoms with Gasteiger partial charge in [0.25, 0.3) is 5.56 Å². The van der Waals surface area contributed by atoms with Crippen LogP contribution in [0, 0.1) is 0 Å². The van der Waals surface area contributed by atoms with Gasteiger partial charge in [-0.2, -0.15) is 13.2 Å². The first kappa shape index (κ1) is 27.0. The molecule has 3 aliphatic rings. The number of piperidine rings is 1. The van der Waals surface area contributed by atoms with Crippen LogP contribution in [-0.4, -0.2) is 57.3 Å². The van der Waals surface area contributed by atoms with Crippen molar-refractivity contribution in [3.8, 4) is 5.75 Å². The summed E-state index contributed by atoms with van der Waals surface area (Å²) in [6.45, 7) is 3.42. The molecule has 0 bridgehead atoms. The molecule has 12 heteroatoms. The molecule has 0 unspecified atom stereocenters. The van der Waals surface area contributed by atoms with Gasteiger partial charge in [-0.1, -0.05) is 11.6 Å². The predicted molar refractivity (Wildman–Crippen MR) is 143 cm³/mol. The summed E-state index contributed by atoms with van der Waals surface area (Å²) in [6.07, 6.45) is -2.19. The van der Waals surface area contributed by atoms with Crippen molar-refractivity contribution in [2.75, 3.05) is 31.6 Å². The first-order chi connectivity index (χ1) is 18.9. The lowest BCUT2D eigenvalue weighted by atomic mass is 9.73. The van der Waals surface area contributed by atoms with Gasteiger partial charge in [0.2, 0.25) is 5.91 Å². The molecule has 6 rings (SSSR count). The number of carbonyl (C=O) groups is 1. The molecule has 0 atom stereocenters. The minimum Gasteiger partial charge on any atom is -0.492 e. The number of carbonyl (C=O) groups excluding carboxylic acids is 1. The third-order valence-electron chi connectivity index (χ3n) is 8.44. The van der Waals surface area contributed by atoms with Crippen molar-refractivity contribution in [2.45, 2.75) is 55.8 Å². The van der Waals surface area contributed by atoms with E-state index in [1.165, 1.54) is 6.07 Å². The minimum absolute atomic E-state index is 0.000420. The largest absolute Gasteiger partial charge is 0.492 e. The quantitative estimate of drug-likeness (QED) is 0.464. The van der Waals surface area contributed by atoms with Crippen molar-refractivity contribution in [1.82, 2.24) is 14.5 Å². The minimum atomic E-state index is -4.75. The molecule has 2 aliphatic heterocycles. The van der Waals surface area contributed by atoms with Crippen molar-refractivity contribution < 1.29 is 27.8 Å². The number of fused-ring (bicyclic) bond motifs is 3. The topological polar surface area (TPSA) is 96.7 Å². The number of alkyl halides is 3. The molecule has 1 aliphatic carbocycles. The second-order valence-electron chi connectivity index (χ2n) is 11.3. The van der Waals surface area contributed by atoms with Gasteiger partial charge < -0.3 is 19.7 Å². The van der Waals surface area contributed by atoms with E-state index in [1.54, 1.807) is 13.0 Å². The molecule has 0 radical (unpaired) electrons. The number of halogens is 4. The zero-order valence-electron chi connectivity index (χ0n) is 21.7. The fourth-order valence-electron chi connectivity index (χ4n) is 6.38. The molecule has 1 amide bonds. The van der Waals surface area contributed by atoms with Gasteiger partial charge in [0, 0.05) is 29.4 Å². The molecule has 2 N–H and O–H groups in total. The molecule has 2 aromatic carbocycles. The van der Waals surface area contributed by atoms with Crippen LogP contribution in [0.2, 0.25) is 5.02 Å². The van der Waals surface area contributed by atoms with E-state index in [0.29, 0.717) is 37.5 Å². The van der Waals surface area contributed by atoms with E-state index in [2.05, 4.69) is 15.2 Å². The summed E-state index contributed by atoms with van der Waals surface area (Å²) >= 11 is 6.19. The molecule has 8 nitrogen and oxygen atoms in total. The number of hydrogen-bond donors (Lipinski definition) is 2. The molecule has 40 heavy (non-hydrogen) atoms. The Morgan fingerprint density at radius 3 is 2.58 bits per heavy atom. The fourth-order valence-corrected chi connectivity index (χ4v) is 6.55. The van der Waals surface area contributed by atoms with Crippen LogP contribution in [0.5, 0.6) is 5.75 Å². The summed E-state index contributed by atoms with van der Waals surface area (Å²) in [5, 5.41) is 13.6. The number of aliphatic hydroxyl groups is 1. The average molecular weight is 577 g/mol. The van der Waals surface area contributed by atoms with Crippen molar-refractivity contribution >= 4 is 34.2 Å². The lowest BCUT2D eigenvalue weighted by Gasteiger charge is -2.42. The Balaban J connectivity index is 1.17. The highest BCUT2D eigenvalue weighted by Crippen LogP contribution is 2.46. The van der Waals surface area contributed by atoms with Crippen LogP contribution in [0.4, 0.5) is 18.9 Å². The summed E-state index contributed by atoms with van der Waals surface area (Å²) in [5.41, 5.74) is -1.90. The highest BCUT2D eigenvalue weighted by atomic mass is 35.5. The standard InChI is InChI=1S/C28H28ClF3N4O4/c1-26(39)13-17(14-26)36-23(37)15-33-22-12-18(11-20(24(22)36)28(30,31)32)40-9-8-35-6-4-27(5-7-35)19-10-16(29)2-3-21(19)34-25(27)38/h2-3,10-12,15,17,39H,4-9,13-14H2,1H3,(H,34,38). The summed E-state index contributed by atoms with van der Waals surface area (Å²) in [7, 11) is 0. The number of nitrogens with one attached hydrogen (secondary N) is 1. The monoisotopic (exact) mass is 576 g/mol. The van der Waals surface area contributed by atoms with Gasteiger partial charge in [0.05, 0.1) is 33.8 Å². The van der Waals surface area contributed by atoms with E-state index in [9.17, 15) is 27.9 Å². The molecule has 3 aromatic rings. The van der Waals surface area contributed by atoms with Crippen molar-refractivity contribution in [1.29, 1.82) is 0 Å². The van der Waals surface area contributed by atoms with Gasteiger partial charge in [-0.15, -0.1) is 0 Å². The maximum atomic E-state index is 14.2. The van der Waals surface area contributed by atoms with Crippen LogP contribution in [0.3, 0.4) is 0 Å². The number of likely N-dealkylation sites (tertiary alicyclic amines) is 1. The average Bonchev–Trinajstić information content (AvgIpc) is 3.13. The number of hydrogen-bond acceptors (Lipinski definition) is 6. The van der Waals surface area contributed by atoms with Crippen LogP contribution in [0.1, 0.15) is 49.8 Å². The van der Waals surface area contributed by atoms with Gasteiger partial charge >= 0.3 is 6.18 Å². The Bertz CT molecular complexity index is 1560. The molecule has 1 saturated carbocycles. The molecule has 212 valence electrons. The summed E-state index contributed by atoms with van der Waals surface area (Å²) in [6, 6.07) is 7.17. The van der Waals surface area contributed by atoms with Crippen LogP contribution in [0.25, 0.3) is 11.0 Å². The smallest absolute Gasteiger partial charge is 0.418 e. The second-order valence-corrected chi connectivity index (χ2v) is 11.7. The van der Waals surface area contributed by atoms with Gasteiger partial charge in [0.15, 0.2) is 0 Å². The van der Waals surface area contributed by atoms with Gasteiger partial charge in [0.1, 0.15) is 12.4 Å². The lowest BCUT2D eigenvalue weighted by Crippen LogP contribution is -2.47. The Kier molecular flexibility index (Phi) is 6.39. The molecule has 2 fully saturated rings. The number of benzene rings is 2. The number of aromatic nitrogens is 2. The van der Waals surface area contributed by atoms with Gasteiger partial charge in [-0.25, -0.2) is 4.98 Å². The predicted octanol–water partition coefficient (Wildman–Crippen LogP) is 4.52. The van der Waals surface area contributed by atoms with Crippen molar-refractivity contribution in [3.63, 3.8) is 0 Å². The third kappa shape index (κ3) is 4.63. The number of nitrogens with zero attached hydrogens (tertiary/aromatic N) is 3. The first-order valence-corrected chi connectivity index (χ1v) is 13.6. The van der Waals surface area contributed by atoms with Crippen molar-refractivity contribution in [3.05, 3.63) is 63.0 Å². The van der Waals surface area contributed by atoms with Gasteiger partial charge in [-0.05, 0) is 75.5 Å². The van der Waals surface area contributed by atoms with Crippen LogP contribution >= 0.6 is 11.6 Å². The highest BCUT2D eigenvalue weighted by Gasteiger charge is 2.48. The van der Waals surface area contributed by atoms with Crippen LogP contribution < -0.4 is 15.6 Å². The van der Waals surface area contributed by atoms with Crippen molar-refractivity contribution in [2.24, 2.45) is 0 Å². The van der Waals surface area contributed by atoms with E-state index in [4.69, 9.17) is 16.3 Å². The summed E-state index contributed by atoms with van der Waals surface area (Å²) in [4.78, 5) is 31.5. The Morgan fingerprint density at radius 2 is 1.90 bits per heavy atom. The molecule has 1 aromatic heterocycles. The Hall–Kier alpha value is -3.15. The molecule has 1 saturated heterocycles. The number of anilines is 1. The molecular formula is C28H28ClF3N4O4. The number of rotatable bonds is 5. The zero-order valence-corrected chi connectivity index (χ0v) is 22.5. The summed E-state index contributed by atoms with van der Waals surface area (Å²) in [5.74, 6) is -0.0293. The SMILES string of the molecule is CC1(O)CC(n2c(=O)cnc3cc(OCCN4CCC5(CC4)C(=O)Nc4ccc(Cl)cc45)cc(C(F)(F)F)c32)C1. The van der Waals surface area contributed by atoms with Crippen LogP contribution in [-0.2, 0) is 16.4 Å². The summed E-state index contributed by atoms with van der Waals surface area (Å²) < 4.78 is 49.4. The first-order valence-electron chi connectivity index (χ1n) is 13.2. The number of ether oxygens (including phenoxy) is 1. The van der Waals surface area contributed by atoms with Gasteiger partial charge in [-0.3, -0.25) is 14.5 Å². The molecule has 3 heterocycles. The maximum Gasteiger partial charge on any atom is 0.418 e. The Labute approximate surface area is 232 Å². The third-order valence-corrected chi connectivity index (χ3v) is 8.68. The normalized spacial score (nSPS) is 24.1. The van der Waals surface area contributed by atoms with E-state index in [0.717, 1.165) is 28.1 Å². The van der Waals surface area contributed by atoms with E-state index >= 15 is 0 Å². The van der Waals surface area contributed by atoms with E-state index in [-0.39, 0.29) is 42.1 Å². The van der Waals surface area contributed by atoms with E-state index < -0.39 is 34.4 Å². The zero-order chi connectivity index (χ0) is 28.4. The highest BCUT2D eigenvalue weighted by molar-refractivity contribution is 6.31. The molecule has 1 spiro atoms. The lowest BCUT2D eigenvalue weighted by molar-refractivity contribution is -0.136. The Morgan fingerprint density at radius 1 is 1.18 bits per heavy atom. The fraction of sp³-hybridized carbons (Fsp3) is 0.464. The maximum absolute atomic E-state index is 14.2. The van der Waals surface area contributed by atoms with Crippen LogP contribution in [0.15, 0.2) is 41.3 Å². The second kappa shape index (κ2) is 9.46. The number of amides is 1. The van der Waals surface area contributed by atoms with E-state index in [1.807, 2.05) is 12.1 Å².